The first-order valence-electron chi connectivity index (χ1n) is 5.06. The van der Waals surface area contributed by atoms with Crippen molar-refractivity contribution in [2.45, 2.75) is 20.5 Å². The summed E-state index contributed by atoms with van der Waals surface area (Å²) in [6.07, 6.45) is 1.92. The molecule has 0 radical (unpaired) electrons. The van der Waals surface area contributed by atoms with Crippen LogP contribution < -0.4 is 0 Å². The smallest absolute Gasteiger partial charge is 0.0713 e. The molecule has 0 atom stereocenters. The first kappa shape index (κ1) is 10.1. The molecule has 0 unspecified atom stereocenters. The number of aromatic nitrogens is 1. The first-order valence-corrected chi connectivity index (χ1v) is 5.06. The highest BCUT2D eigenvalue weighted by atomic mass is 16.5. The fourth-order valence-electron chi connectivity index (χ4n) is 1.82. The van der Waals surface area contributed by atoms with Crippen LogP contribution in [0.5, 0.6) is 0 Å². The van der Waals surface area contributed by atoms with Crippen LogP contribution >= 0.6 is 0 Å². The Morgan fingerprint density at radius 1 is 1.20 bits per heavy atom. The lowest BCUT2D eigenvalue weighted by Gasteiger charge is -2.07. The maximum Gasteiger partial charge on any atom is 0.0713 e. The minimum atomic E-state index is 0.656. The van der Waals surface area contributed by atoms with Gasteiger partial charge in [0, 0.05) is 24.4 Å². The molecule has 78 valence electrons. The molecule has 2 aromatic rings. The Morgan fingerprint density at radius 3 is 2.73 bits per heavy atom. The van der Waals surface area contributed by atoms with Crippen molar-refractivity contribution >= 4 is 10.8 Å². The van der Waals surface area contributed by atoms with E-state index in [0.29, 0.717) is 6.61 Å². The molecule has 1 aromatic carbocycles. The summed E-state index contributed by atoms with van der Waals surface area (Å²) in [4.78, 5) is 4.37. The number of hydrogen-bond donors (Lipinski definition) is 0. The zero-order chi connectivity index (χ0) is 10.8. The molecule has 0 amide bonds. The highest BCUT2D eigenvalue weighted by Gasteiger charge is 2.02. The Bertz CT molecular complexity index is 491. The number of fused-ring (bicyclic) bond motifs is 1. The second-order valence-electron chi connectivity index (χ2n) is 3.84. The average Bonchev–Trinajstić information content (AvgIpc) is 2.24. The maximum absolute atomic E-state index is 5.13. The Balaban J connectivity index is 2.65. The van der Waals surface area contributed by atoms with Gasteiger partial charge in [0.1, 0.15) is 0 Å². The lowest BCUT2D eigenvalue weighted by Crippen LogP contribution is -1.91. The number of aryl methyl sites for hydroxylation is 2. The van der Waals surface area contributed by atoms with Crippen LogP contribution in [0, 0.1) is 13.8 Å². The van der Waals surface area contributed by atoms with Crippen molar-refractivity contribution in [2.24, 2.45) is 0 Å². The van der Waals surface area contributed by atoms with Gasteiger partial charge in [0.25, 0.3) is 0 Å². The molecule has 2 nitrogen and oxygen atoms in total. The molecule has 1 heterocycles. The molecule has 0 N–H and O–H groups in total. The van der Waals surface area contributed by atoms with Crippen molar-refractivity contribution in [1.82, 2.24) is 4.98 Å². The van der Waals surface area contributed by atoms with Crippen molar-refractivity contribution < 1.29 is 4.74 Å². The predicted molar refractivity (Wildman–Crippen MR) is 61.9 cm³/mol. The number of pyridine rings is 1. The summed E-state index contributed by atoms with van der Waals surface area (Å²) < 4.78 is 5.13. The van der Waals surface area contributed by atoms with Gasteiger partial charge in [-0.05, 0) is 36.4 Å². The van der Waals surface area contributed by atoms with Crippen LogP contribution in [0.4, 0.5) is 0 Å². The molecule has 0 saturated carbocycles. The molecule has 1 aromatic heterocycles. The lowest BCUT2D eigenvalue weighted by molar-refractivity contribution is 0.185. The van der Waals surface area contributed by atoms with Crippen molar-refractivity contribution in [3.8, 4) is 0 Å². The monoisotopic (exact) mass is 201 g/mol. The zero-order valence-electron chi connectivity index (χ0n) is 9.37. The van der Waals surface area contributed by atoms with Gasteiger partial charge in [0.15, 0.2) is 0 Å². The fraction of sp³-hybridized carbons (Fsp3) is 0.308. The molecule has 2 rings (SSSR count). The third kappa shape index (κ3) is 1.85. The summed E-state index contributed by atoms with van der Waals surface area (Å²) in [6, 6.07) is 6.42. The fourth-order valence-corrected chi connectivity index (χ4v) is 1.82. The SMILES string of the molecule is COCc1ccc2c(C)cnc(C)c2c1. The van der Waals surface area contributed by atoms with Crippen molar-refractivity contribution in [2.75, 3.05) is 7.11 Å². The van der Waals surface area contributed by atoms with Gasteiger partial charge in [0.2, 0.25) is 0 Å². The van der Waals surface area contributed by atoms with E-state index < -0.39 is 0 Å². The molecule has 0 bridgehead atoms. The summed E-state index contributed by atoms with van der Waals surface area (Å²) in [5.41, 5.74) is 3.49. The molecule has 15 heavy (non-hydrogen) atoms. The Kier molecular flexibility index (Phi) is 2.69. The van der Waals surface area contributed by atoms with Crippen LogP contribution in [-0.2, 0) is 11.3 Å². The van der Waals surface area contributed by atoms with E-state index in [4.69, 9.17) is 4.74 Å². The van der Waals surface area contributed by atoms with Crippen LogP contribution in [0.3, 0.4) is 0 Å². The molecular weight excluding hydrogens is 186 g/mol. The molecule has 2 heteroatoms. The van der Waals surface area contributed by atoms with Crippen molar-refractivity contribution in [3.05, 3.63) is 41.2 Å². The van der Waals surface area contributed by atoms with Crippen LogP contribution in [0.1, 0.15) is 16.8 Å². The Hall–Kier alpha value is -1.41. The van der Waals surface area contributed by atoms with Crippen LogP contribution in [-0.4, -0.2) is 12.1 Å². The van der Waals surface area contributed by atoms with Crippen LogP contribution in [0.15, 0.2) is 24.4 Å². The molecular formula is C13H15NO. The van der Waals surface area contributed by atoms with E-state index in [0.717, 1.165) is 5.69 Å². The second-order valence-corrected chi connectivity index (χ2v) is 3.84. The summed E-state index contributed by atoms with van der Waals surface area (Å²) in [5, 5.41) is 2.51. The van der Waals surface area contributed by atoms with Crippen molar-refractivity contribution in [3.63, 3.8) is 0 Å². The first-order chi connectivity index (χ1) is 7.22. The van der Waals surface area contributed by atoms with E-state index >= 15 is 0 Å². The van der Waals surface area contributed by atoms with Gasteiger partial charge in [0.05, 0.1) is 6.61 Å². The van der Waals surface area contributed by atoms with Gasteiger partial charge in [-0.2, -0.15) is 0 Å². The lowest BCUT2D eigenvalue weighted by atomic mass is 10.0. The van der Waals surface area contributed by atoms with E-state index in [1.807, 2.05) is 13.1 Å². The topological polar surface area (TPSA) is 22.1 Å². The molecule has 0 aliphatic rings. The van der Waals surface area contributed by atoms with E-state index in [9.17, 15) is 0 Å². The molecule has 0 spiro atoms. The summed E-state index contributed by atoms with van der Waals surface area (Å²) in [6.45, 7) is 4.78. The van der Waals surface area contributed by atoms with Crippen LogP contribution in [0.25, 0.3) is 10.8 Å². The van der Waals surface area contributed by atoms with Gasteiger partial charge in [-0.15, -0.1) is 0 Å². The van der Waals surface area contributed by atoms with E-state index in [2.05, 4.69) is 30.1 Å². The summed E-state index contributed by atoms with van der Waals surface area (Å²) in [7, 11) is 1.71. The molecule has 0 aliphatic heterocycles. The number of ether oxygens (including phenoxy) is 1. The van der Waals surface area contributed by atoms with Gasteiger partial charge in [-0.1, -0.05) is 12.1 Å². The van der Waals surface area contributed by atoms with E-state index in [1.165, 1.54) is 21.9 Å². The minimum Gasteiger partial charge on any atom is -0.380 e. The predicted octanol–water partition coefficient (Wildman–Crippen LogP) is 3.00. The maximum atomic E-state index is 5.13. The number of benzene rings is 1. The molecule has 0 fully saturated rings. The van der Waals surface area contributed by atoms with Gasteiger partial charge in [-0.3, -0.25) is 4.98 Å². The average molecular weight is 201 g/mol. The van der Waals surface area contributed by atoms with Gasteiger partial charge < -0.3 is 4.74 Å². The second kappa shape index (κ2) is 3.99. The van der Waals surface area contributed by atoms with E-state index in [-0.39, 0.29) is 0 Å². The van der Waals surface area contributed by atoms with Gasteiger partial charge >= 0.3 is 0 Å². The van der Waals surface area contributed by atoms with Crippen LogP contribution in [0.2, 0.25) is 0 Å². The molecule has 0 saturated heterocycles. The third-order valence-electron chi connectivity index (χ3n) is 2.66. The number of methoxy groups -OCH3 is 1. The highest BCUT2D eigenvalue weighted by Crippen LogP contribution is 2.21. The normalized spacial score (nSPS) is 10.9. The van der Waals surface area contributed by atoms with E-state index in [1.54, 1.807) is 7.11 Å². The van der Waals surface area contributed by atoms with Gasteiger partial charge in [-0.25, -0.2) is 0 Å². The number of hydrogen-bond acceptors (Lipinski definition) is 2. The Labute approximate surface area is 89.9 Å². The quantitative estimate of drug-likeness (QED) is 0.745. The third-order valence-corrected chi connectivity index (χ3v) is 2.66. The minimum absolute atomic E-state index is 0.656. The zero-order valence-corrected chi connectivity index (χ0v) is 9.37. The standard InChI is InChI=1S/C13H15NO/c1-9-7-14-10(2)13-6-11(8-15-3)4-5-12(9)13/h4-7H,8H2,1-3H3. The Morgan fingerprint density at radius 2 is 2.00 bits per heavy atom. The van der Waals surface area contributed by atoms with Crippen molar-refractivity contribution in [1.29, 1.82) is 0 Å². The largest absolute Gasteiger partial charge is 0.380 e. The molecule has 0 aliphatic carbocycles. The summed E-state index contributed by atoms with van der Waals surface area (Å²) in [5.74, 6) is 0. The number of rotatable bonds is 2. The summed E-state index contributed by atoms with van der Waals surface area (Å²) >= 11 is 0. The highest BCUT2D eigenvalue weighted by molar-refractivity contribution is 5.87. The number of nitrogens with zero attached hydrogens (tertiary/aromatic N) is 1.